The Labute approximate surface area is 104 Å². The molecule has 18 heavy (non-hydrogen) atoms. The van der Waals surface area contributed by atoms with Gasteiger partial charge >= 0.3 is 5.97 Å². The summed E-state index contributed by atoms with van der Waals surface area (Å²) in [5.41, 5.74) is -0.0194. The molecule has 0 saturated carbocycles. The highest BCUT2D eigenvalue weighted by Gasteiger charge is 2.21. The molecule has 1 aromatic carbocycles. The summed E-state index contributed by atoms with van der Waals surface area (Å²) in [6.45, 7) is 1.64. The van der Waals surface area contributed by atoms with E-state index in [0.29, 0.717) is 0 Å². The maximum Gasteiger partial charge on any atom is 0.326 e. The summed E-state index contributed by atoms with van der Waals surface area (Å²) in [4.78, 5) is 22.6. The van der Waals surface area contributed by atoms with E-state index in [1.54, 1.807) is 6.92 Å². The molecule has 0 fully saturated rings. The van der Waals surface area contributed by atoms with E-state index < -0.39 is 17.9 Å². The summed E-state index contributed by atoms with van der Waals surface area (Å²) in [5.74, 6) is -1.92. The lowest BCUT2D eigenvalue weighted by atomic mass is 10.1. The van der Waals surface area contributed by atoms with Crippen molar-refractivity contribution in [3.63, 3.8) is 0 Å². The molecular formula is C12H15NO5. The lowest BCUT2D eigenvalue weighted by Gasteiger charge is -2.13. The van der Waals surface area contributed by atoms with Gasteiger partial charge in [-0.1, -0.05) is 13.0 Å². The van der Waals surface area contributed by atoms with Crippen molar-refractivity contribution in [2.45, 2.75) is 19.4 Å². The molecule has 0 saturated heterocycles. The van der Waals surface area contributed by atoms with Crippen LogP contribution in [0.25, 0.3) is 0 Å². The Morgan fingerprint density at radius 3 is 2.61 bits per heavy atom. The number of carbonyl (C=O) groups excluding carboxylic acids is 1. The SMILES string of the molecule is CC[C@@H](NC(=O)c1cccc(OC)c1O)C(=O)O. The Morgan fingerprint density at radius 1 is 1.44 bits per heavy atom. The second-order valence-electron chi connectivity index (χ2n) is 3.63. The molecule has 0 radical (unpaired) electrons. The first-order chi connectivity index (χ1) is 8.51. The quantitative estimate of drug-likeness (QED) is 0.727. The van der Waals surface area contributed by atoms with Gasteiger partial charge in [-0.05, 0) is 18.6 Å². The van der Waals surface area contributed by atoms with Gasteiger partial charge in [0, 0.05) is 0 Å². The minimum Gasteiger partial charge on any atom is -0.504 e. The van der Waals surface area contributed by atoms with Crippen molar-refractivity contribution in [3.05, 3.63) is 23.8 Å². The molecule has 0 aliphatic heterocycles. The number of phenols is 1. The van der Waals surface area contributed by atoms with E-state index in [-0.39, 0.29) is 23.5 Å². The second-order valence-corrected chi connectivity index (χ2v) is 3.63. The molecule has 98 valence electrons. The standard InChI is InChI=1S/C12H15NO5/c1-3-8(12(16)17)13-11(15)7-5-4-6-9(18-2)10(7)14/h4-6,8,14H,3H2,1-2H3,(H,13,15)(H,16,17)/t8-/m1/s1. The molecule has 0 aliphatic carbocycles. The highest BCUT2D eigenvalue weighted by atomic mass is 16.5. The predicted molar refractivity (Wildman–Crippen MR) is 63.8 cm³/mol. The molecule has 6 nitrogen and oxygen atoms in total. The van der Waals surface area contributed by atoms with Gasteiger partial charge in [-0.2, -0.15) is 0 Å². The molecule has 6 heteroatoms. The molecule has 0 spiro atoms. The number of methoxy groups -OCH3 is 1. The lowest BCUT2D eigenvalue weighted by molar-refractivity contribution is -0.139. The van der Waals surface area contributed by atoms with E-state index in [1.807, 2.05) is 0 Å². The number of aromatic hydroxyl groups is 1. The zero-order valence-electron chi connectivity index (χ0n) is 10.1. The molecule has 0 bridgehead atoms. The number of carboxylic acid groups (broad SMARTS) is 1. The van der Waals surface area contributed by atoms with Crippen LogP contribution in [0.4, 0.5) is 0 Å². The third kappa shape index (κ3) is 2.91. The van der Waals surface area contributed by atoms with Crippen LogP contribution in [0.2, 0.25) is 0 Å². The van der Waals surface area contributed by atoms with E-state index in [0.717, 1.165) is 0 Å². The molecule has 3 N–H and O–H groups in total. The van der Waals surface area contributed by atoms with Crippen LogP contribution >= 0.6 is 0 Å². The van der Waals surface area contributed by atoms with Gasteiger partial charge in [-0.3, -0.25) is 4.79 Å². The van der Waals surface area contributed by atoms with E-state index in [2.05, 4.69) is 5.32 Å². The number of hydrogen-bond donors (Lipinski definition) is 3. The molecule has 1 amide bonds. The number of aliphatic carboxylic acids is 1. The molecule has 0 aromatic heterocycles. The van der Waals surface area contributed by atoms with E-state index >= 15 is 0 Å². The molecule has 1 aromatic rings. The van der Waals surface area contributed by atoms with Crippen molar-refractivity contribution in [1.82, 2.24) is 5.32 Å². The van der Waals surface area contributed by atoms with Gasteiger partial charge in [0.1, 0.15) is 6.04 Å². The average molecular weight is 253 g/mol. The summed E-state index contributed by atoms with van der Waals surface area (Å²) in [7, 11) is 1.36. The minimum absolute atomic E-state index is 0.0194. The smallest absolute Gasteiger partial charge is 0.326 e. The van der Waals surface area contributed by atoms with Crippen LogP contribution in [0.5, 0.6) is 11.5 Å². The zero-order chi connectivity index (χ0) is 13.7. The van der Waals surface area contributed by atoms with Crippen LogP contribution in [-0.4, -0.2) is 35.2 Å². The first kappa shape index (κ1) is 13.8. The Hall–Kier alpha value is -2.24. The average Bonchev–Trinajstić information content (AvgIpc) is 2.35. The van der Waals surface area contributed by atoms with Crippen molar-refractivity contribution >= 4 is 11.9 Å². The van der Waals surface area contributed by atoms with Gasteiger partial charge in [0.2, 0.25) is 0 Å². The minimum atomic E-state index is -1.12. The van der Waals surface area contributed by atoms with Crippen molar-refractivity contribution in [3.8, 4) is 11.5 Å². The molecule has 0 heterocycles. The van der Waals surface area contributed by atoms with Gasteiger partial charge < -0.3 is 20.3 Å². The Morgan fingerprint density at radius 2 is 2.11 bits per heavy atom. The van der Waals surface area contributed by atoms with Crippen LogP contribution in [0.15, 0.2) is 18.2 Å². The van der Waals surface area contributed by atoms with Crippen LogP contribution < -0.4 is 10.1 Å². The Kier molecular flexibility index (Phi) is 4.53. The predicted octanol–water partition coefficient (Wildman–Crippen LogP) is 0.994. The lowest BCUT2D eigenvalue weighted by Crippen LogP contribution is -2.40. The number of carboxylic acids is 1. The number of phenolic OH excluding ortho intramolecular Hbond substituents is 1. The number of hydrogen-bond acceptors (Lipinski definition) is 4. The topological polar surface area (TPSA) is 95.9 Å². The normalized spacial score (nSPS) is 11.7. The van der Waals surface area contributed by atoms with Crippen LogP contribution in [0, 0.1) is 0 Å². The van der Waals surface area contributed by atoms with Gasteiger partial charge in [0.25, 0.3) is 5.91 Å². The number of benzene rings is 1. The van der Waals surface area contributed by atoms with Crippen molar-refractivity contribution < 1.29 is 24.5 Å². The molecule has 1 atom stereocenters. The zero-order valence-corrected chi connectivity index (χ0v) is 10.1. The maximum atomic E-state index is 11.8. The van der Waals surface area contributed by atoms with Crippen molar-refractivity contribution in [1.29, 1.82) is 0 Å². The second kappa shape index (κ2) is 5.90. The van der Waals surface area contributed by atoms with Gasteiger partial charge in [0.15, 0.2) is 11.5 Å². The molecule has 0 unspecified atom stereocenters. The van der Waals surface area contributed by atoms with Crippen LogP contribution in [-0.2, 0) is 4.79 Å². The molecular weight excluding hydrogens is 238 g/mol. The van der Waals surface area contributed by atoms with E-state index in [1.165, 1.54) is 25.3 Å². The molecule has 1 rings (SSSR count). The third-order valence-corrected chi connectivity index (χ3v) is 2.48. The summed E-state index contributed by atoms with van der Waals surface area (Å²) in [6.07, 6.45) is 0.256. The summed E-state index contributed by atoms with van der Waals surface area (Å²) < 4.78 is 4.87. The Bertz CT molecular complexity index is 458. The fraction of sp³-hybridized carbons (Fsp3) is 0.333. The fourth-order valence-electron chi connectivity index (χ4n) is 1.44. The van der Waals surface area contributed by atoms with Crippen molar-refractivity contribution in [2.24, 2.45) is 0 Å². The van der Waals surface area contributed by atoms with Crippen molar-refractivity contribution in [2.75, 3.05) is 7.11 Å². The number of para-hydroxylation sites is 1. The van der Waals surface area contributed by atoms with E-state index in [4.69, 9.17) is 9.84 Å². The molecule has 0 aliphatic rings. The van der Waals surface area contributed by atoms with E-state index in [9.17, 15) is 14.7 Å². The first-order valence-electron chi connectivity index (χ1n) is 5.40. The summed E-state index contributed by atoms with van der Waals surface area (Å²) in [6, 6.07) is 3.44. The third-order valence-electron chi connectivity index (χ3n) is 2.48. The highest BCUT2D eigenvalue weighted by molar-refractivity contribution is 5.99. The van der Waals surface area contributed by atoms with Gasteiger partial charge in [-0.15, -0.1) is 0 Å². The van der Waals surface area contributed by atoms with Gasteiger partial charge in [0.05, 0.1) is 12.7 Å². The Balaban J connectivity index is 2.94. The summed E-state index contributed by atoms with van der Waals surface area (Å²) in [5, 5.41) is 20.9. The van der Waals surface area contributed by atoms with Crippen LogP contribution in [0.3, 0.4) is 0 Å². The van der Waals surface area contributed by atoms with Gasteiger partial charge in [-0.25, -0.2) is 4.79 Å². The number of rotatable bonds is 5. The maximum absolute atomic E-state index is 11.8. The van der Waals surface area contributed by atoms with Crippen LogP contribution in [0.1, 0.15) is 23.7 Å². The highest BCUT2D eigenvalue weighted by Crippen LogP contribution is 2.29. The number of nitrogens with one attached hydrogen (secondary N) is 1. The summed E-state index contributed by atoms with van der Waals surface area (Å²) >= 11 is 0. The first-order valence-corrected chi connectivity index (χ1v) is 5.40. The fourth-order valence-corrected chi connectivity index (χ4v) is 1.44. The monoisotopic (exact) mass is 253 g/mol. The number of amides is 1. The number of carbonyl (C=O) groups is 2. The number of ether oxygens (including phenoxy) is 1. The largest absolute Gasteiger partial charge is 0.504 e.